The van der Waals surface area contributed by atoms with Gasteiger partial charge in [-0.2, -0.15) is 0 Å². The van der Waals surface area contributed by atoms with Crippen LogP contribution in [0.5, 0.6) is 0 Å². The van der Waals surface area contributed by atoms with Crippen molar-refractivity contribution in [2.75, 3.05) is 13.1 Å². The Balaban J connectivity index is 1.73. The number of carbonyl (C=O) groups excluding carboxylic acids is 1. The highest BCUT2D eigenvalue weighted by atomic mass is 16.6. The van der Waals surface area contributed by atoms with E-state index in [1.54, 1.807) is 0 Å². The minimum Gasteiger partial charge on any atom is -0.444 e. The van der Waals surface area contributed by atoms with Crippen molar-refractivity contribution < 1.29 is 9.53 Å². The summed E-state index contributed by atoms with van der Waals surface area (Å²) < 4.78 is 5.52. The molecule has 0 bridgehead atoms. The Labute approximate surface area is 103 Å². The van der Waals surface area contributed by atoms with Crippen molar-refractivity contribution in [2.45, 2.75) is 63.1 Å². The number of nitrogens with one attached hydrogen (secondary N) is 1. The molecule has 0 aromatic rings. The molecule has 2 unspecified atom stereocenters. The van der Waals surface area contributed by atoms with Crippen LogP contribution in [0.4, 0.5) is 4.79 Å². The highest BCUT2D eigenvalue weighted by molar-refractivity contribution is 5.71. The average molecular weight is 238 g/mol. The summed E-state index contributed by atoms with van der Waals surface area (Å²) in [5.41, 5.74) is 0. The lowest BCUT2D eigenvalue weighted by atomic mass is 9.99. The van der Waals surface area contributed by atoms with E-state index in [1.807, 2.05) is 0 Å². The van der Waals surface area contributed by atoms with E-state index in [4.69, 9.17) is 4.74 Å². The third kappa shape index (κ3) is 2.15. The number of ether oxygens (including phenoxy) is 1. The first-order valence-corrected chi connectivity index (χ1v) is 7.06. The van der Waals surface area contributed by atoms with E-state index in [-0.39, 0.29) is 12.2 Å². The first kappa shape index (κ1) is 11.3. The Morgan fingerprint density at radius 3 is 2.65 bits per heavy atom. The van der Waals surface area contributed by atoms with Crippen LogP contribution in [0.1, 0.15) is 44.9 Å². The largest absolute Gasteiger partial charge is 0.444 e. The Morgan fingerprint density at radius 2 is 1.88 bits per heavy atom. The van der Waals surface area contributed by atoms with Crippen molar-refractivity contribution in [1.82, 2.24) is 10.2 Å². The lowest BCUT2D eigenvalue weighted by Crippen LogP contribution is -2.52. The molecular weight excluding hydrogens is 216 g/mol. The summed E-state index contributed by atoms with van der Waals surface area (Å²) in [5.74, 6) is 0. The van der Waals surface area contributed by atoms with E-state index in [0.29, 0.717) is 12.1 Å². The van der Waals surface area contributed by atoms with E-state index in [1.165, 1.54) is 38.5 Å². The predicted octanol–water partition coefficient (Wildman–Crippen LogP) is 1.89. The van der Waals surface area contributed by atoms with Crippen LogP contribution in [-0.4, -0.2) is 42.3 Å². The molecule has 17 heavy (non-hydrogen) atoms. The second-order valence-corrected chi connectivity index (χ2v) is 5.54. The number of hydrogen-bond donors (Lipinski definition) is 1. The third-order valence-electron chi connectivity index (χ3n) is 4.43. The maximum absolute atomic E-state index is 12.0. The van der Waals surface area contributed by atoms with E-state index in [9.17, 15) is 4.79 Å². The lowest BCUT2D eigenvalue weighted by Gasteiger charge is -2.33. The van der Waals surface area contributed by atoms with E-state index in [0.717, 1.165) is 19.5 Å². The number of carbonyl (C=O) groups is 1. The van der Waals surface area contributed by atoms with Gasteiger partial charge in [0.25, 0.3) is 0 Å². The Morgan fingerprint density at radius 1 is 1.12 bits per heavy atom. The SMILES string of the molecule is O=C1OC2CCNCC2N1C1CCCCCC1. The first-order chi connectivity index (χ1) is 8.36. The first-order valence-electron chi connectivity index (χ1n) is 7.06. The molecule has 3 rings (SSSR count). The molecule has 0 spiro atoms. The van der Waals surface area contributed by atoms with Crippen LogP contribution in [-0.2, 0) is 4.74 Å². The minimum absolute atomic E-state index is 0.0596. The van der Waals surface area contributed by atoms with Crippen molar-refractivity contribution in [3.8, 4) is 0 Å². The van der Waals surface area contributed by atoms with Gasteiger partial charge in [-0.25, -0.2) is 4.79 Å². The summed E-state index contributed by atoms with van der Waals surface area (Å²) in [6, 6.07) is 0.722. The van der Waals surface area contributed by atoms with Gasteiger partial charge in [0.05, 0.1) is 6.04 Å². The molecule has 1 amide bonds. The number of nitrogens with zero attached hydrogens (tertiary/aromatic N) is 1. The molecule has 4 nitrogen and oxygen atoms in total. The van der Waals surface area contributed by atoms with Crippen LogP contribution in [0.3, 0.4) is 0 Å². The quantitative estimate of drug-likeness (QED) is 0.709. The maximum atomic E-state index is 12.0. The molecule has 2 heterocycles. The molecule has 96 valence electrons. The fraction of sp³-hybridized carbons (Fsp3) is 0.923. The molecule has 1 N–H and O–H groups in total. The van der Waals surface area contributed by atoms with Crippen molar-refractivity contribution >= 4 is 6.09 Å². The highest BCUT2D eigenvalue weighted by Gasteiger charge is 2.45. The standard InChI is InChI=1S/C13H22N2O2/c16-13-15(10-5-3-1-2-4-6-10)11-9-14-8-7-12(11)17-13/h10-12,14H,1-9H2. The Hall–Kier alpha value is -0.770. The lowest BCUT2D eigenvalue weighted by molar-refractivity contribution is 0.117. The van der Waals surface area contributed by atoms with Gasteiger partial charge in [-0.1, -0.05) is 25.7 Å². The molecule has 2 saturated heterocycles. The van der Waals surface area contributed by atoms with E-state index < -0.39 is 0 Å². The van der Waals surface area contributed by atoms with Crippen molar-refractivity contribution in [2.24, 2.45) is 0 Å². The van der Waals surface area contributed by atoms with Gasteiger partial charge in [-0.3, -0.25) is 4.90 Å². The highest BCUT2D eigenvalue weighted by Crippen LogP contribution is 2.31. The van der Waals surface area contributed by atoms with Crippen LogP contribution in [0.25, 0.3) is 0 Å². The van der Waals surface area contributed by atoms with Gasteiger partial charge >= 0.3 is 6.09 Å². The van der Waals surface area contributed by atoms with Gasteiger partial charge in [-0.05, 0) is 25.8 Å². The van der Waals surface area contributed by atoms with Gasteiger partial charge in [0.1, 0.15) is 6.10 Å². The zero-order valence-electron chi connectivity index (χ0n) is 10.4. The van der Waals surface area contributed by atoms with Crippen LogP contribution in [0.15, 0.2) is 0 Å². The van der Waals surface area contributed by atoms with E-state index in [2.05, 4.69) is 10.2 Å². The maximum Gasteiger partial charge on any atom is 0.410 e. The minimum atomic E-state index is -0.0596. The fourth-order valence-electron chi connectivity index (χ4n) is 3.51. The molecule has 2 aliphatic heterocycles. The van der Waals surface area contributed by atoms with Crippen molar-refractivity contribution in [3.05, 3.63) is 0 Å². The second-order valence-electron chi connectivity index (χ2n) is 5.54. The van der Waals surface area contributed by atoms with Crippen LogP contribution in [0, 0.1) is 0 Å². The smallest absolute Gasteiger partial charge is 0.410 e. The summed E-state index contributed by atoms with van der Waals surface area (Å²) in [7, 11) is 0. The van der Waals surface area contributed by atoms with Gasteiger partial charge in [-0.15, -0.1) is 0 Å². The molecule has 3 aliphatic rings. The van der Waals surface area contributed by atoms with Gasteiger partial charge in [0, 0.05) is 12.6 Å². The van der Waals surface area contributed by atoms with Crippen molar-refractivity contribution in [3.63, 3.8) is 0 Å². The summed E-state index contributed by atoms with van der Waals surface area (Å²) >= 11 is 0. The molecular formula is C13H22N2O2. The summed E-state index contributed by atoms with van der Waals surface area (Å²) in [5, 5.41) is 3.39. The average Bonchev–Trinajstić information content (AvgIpc) is 2.53. The normalized spacial score (nSPS) is 35.3. The summed E-state index contributed by atoms with van der Waals surface area (Å²) in [4.78, 5) is 14.1. The van der Waals surface area contributed by atoms with Crippen LogP contribution < -0.4 is 5.32 Å². The molecule has 3 fully saturated rings. The molecule has 0 aromatic carbocycles. The van der Waals surface area contributed by atoms with Crippen LogP contribution in [0.2, 0.25) is 0 Å². The number of amides is 1. The van der Waals surface area contributed by atoms with Gasteiger partial charge in [0.15, 0.2) is 0 Å². The molecule has 0 aromatic heterocycles. The number of rotatable bonds is 1. The molecule has 2 atom stereocenters. The monoisotopic (exact) mass is 238 g/mol. The molecule has 4 heteroatoms. The van der Waals surface area contributed by atoms with Crippen molar-refractivity contribution in [1.29, 1.82) is 0 Å². The topological polar surface area (TPSA) is 41.6 Å². The van der Waals surface area contributed by atoms with Gasteiger partial charge < -0.3 is 10.1 Å². The number of fused-ring (bicyclic) bond motifs is 1. The van der Waals surface area contributed by atoms with E-state index >= 15 is 0 Å². The number of hydrogen-bond acceptors (Lipinski definition) is 3. The molecule has 0 radical (unpaired) electrons. The zero-order valence-corrected chi connectivity index (χ0v) is 10.4. The second kappa shape index (κ2) is 4.84. The fourth-order valence-corrected chi connectivity index (χ4v) is 3.51. The predicted molar refractivity (Wildman–Crippen MR) is 64.9 cm³/mol. The van der Waals surface area contributed by atoms with Crippen LogP contribution >= 0.6 is 0 Å². The zero-order chi connectivity index (χ0) is 11.7. The Kier molecular flexibility index (Phi) is 3.23. The number of piperidine rings is 1. The third-order valence-corrected chi connectivity index (χ3v) is 4.43. The Bertz CT molecular complexity index is 287. The summed E-state index contributed by atoms with van der Waals surface area (Å²) in [6.45, 7) is 1.89. The molecule has 1 saturated carbocycles. The van der Waals surface area contributed by atoms with Gasteiger partial charge in [0.2, 0.25) is 0 Å². The molecule has 1 aliphatic carbocycles. The summed E-state index contributed by atoms with van der Waals surface area (Å²) in [6.07, 6.45) is 8.56.